The first kappa shape index (κ1) is 25.6. The summed E-state index contributed by atoms with van der Waals surface area (Å²) in [7, 11) is -3.30. The molecule has 0 aliphatic heterocycles. The molecule has 0 saturated carbocycles. The minimum Gasteiger partial charge on any atom is -0.449 e. The van der Waals surface area contributed by atoms with Gasteiger partial charge in [0, 0.05) is 31.4 Å². The van der Waals surface area contributed by atoms with E-state index in [4.69, 9.17) is 16.3 Å². The van der Waals surface area contributed by atoms with Crippen molar-refractivity contribution in [1.82, 2.24) is 14.7 Å². The molecule has 1 amide bonds. The summed E-state index contributed by atoms with van der Waals surface area (Å²) in [5, 5.41) is 17.4. The fraction of sp³-hybridized carbons (Fsp3) is 0.333. The molecule has 1 unspecified atom stereocenters. The Morgan fingerprint density at radius 2 is 2.03 bits per heavy atom. The van der Waals surface area contributed by atoms with Gasteiger partial charge in [0.25, 0.3) is 5.69 Å². The Morgan fingerprint density at radius 3 is 2.69 bits per heavy atom. The highest BCUT2D eigenvalue weighted by molar-refractivity contribution is 9.10. The predicted octanol–water partition coefficient (Wildman–Crippen LogP) is 3.84. The normalized spacial score (nSPS) is 12.5. The molecule has 32 heavy (non-hydrogen) atoms. The Kier molecular flexibility index (Phi) is 9.47. The topological polar surface area (TPSA) is 148 Å². The zero-order valence-corrected chi connectivity index (χ0v) is 20.3. The molecule has 174 valence electrons. The van der Waals surface area contributed by atoms with Crippen LogP contribution in [0.5, 0.6) is 0 Å². The maximum absolute atomic E-state index is 13.0. The summed E-state index contributed by atoms with van der Waals surface area (Å²) in [6.07, 6.45) is 2.06. The number of nitro benzene ring substituents is 1. The second-order valence-electron chi connectivity index (χ2n) is 6.33. The van der Waals surface area contributed by atoms with Crippen molar-refractivity contribution in [3.8, 4) is 0 Å². The van der Waals surface area contributed by atoms with Crippen molar-refractivity contribution in [2.45, 2.75) is 24.7 Å². The number of rotatable bonds is 11. The largest absolute Gasteiger partial charge is 0.449 e. The van der Waals surface area contributed by atoms with Crippen molar-refractivity contribution in [3.05, 3.63) is 44.3 Å². The van der Waals surface area contributed by atoms with Gasteiger partial charge in [0.2, 0.25) is 5.28 Å². The number of hydrogen-bond acceptors (Lipinski definition) is 9. The van der Waals surface area contributed by atoms with Gasteiger partial charge >= 0.3 is 6.09 Å². The van der Waals surface area contributed by atoms with Gasteiger partial charge < -0.3 is 15.4 Å². The van der Waals surface area contributed by atoms with Crippen molar-refractivity contribution in [3.63, 3.8) is 0 Å². The van der Waals surface area contributed by atoms with E-state index in [1.165, 1.54) is 18.2 Å². The van der Waals surface area contributed by atoms with E-state index in [1.54, 1.807) is 13.1 Å². The molecule has 0 aliphatic rings. The number of nitrogens with zero attached hydrogens (tertiary/aromatic N) is 3. The monoisotopic (exact) mass is 548 g/mol. The molecule has 2 aromatic rings. The summed E-state index contributed by atoms with van der Waals surface area (Å²) in [5.41, 5.74) is 0.0593. The molecule has 0 radical (unpaired) electrons. The second-order valence-corrected chi connectivity index (χ2v) is 9.52. The summed E-state index contributed by atoms with van der Waals surface area (Å²) in [6, 6.07) is 3.76. The first-order chi connectivity index (χ1) is 15.1. The quantitative estimate of drug-likeness (QED) is 0.125. The van der Waals surface area contributed by atoms with E-state index in [0.29, 0.717) is 29.8 Å². The molecule has 0 aliphatic carbocycles. The number of anilines is 2. The molecule has 0 bridgehead atoms. The molecule has 3 N–H and O–H groups in total. The highest BCUT2D eigenvalue weighted by Crippen LogP contribution is 2.27. The molecule has 1 aromatic carbocycles. The third kappa shape index (κ3) is 7.50. The van der Waals surface area contributed by atoms with Crippen LogP contribution in [0.4, 0.5) is 22.0 Å². The Bertz CT molecular complexity index is 1090. The number of aromatic nitrogens is 2. The summed E-state index contributed by atoms with van der Waals surface area (Å²) < 4.78 is 20.6. The number of ether oxygens (including phenoxy) is 1. The third-order valence-electron chi connectivity index (χ3n) is 3.98. The fourth-order valence-corrected chi connectivity index (χ4v) is 4.23. The lowest BCUT2D eigenvalue weighted by molar-refractivity contribution is -0.384. The van der Waals surface area contributed by atoms with Crippen LogP contribution in [0.1, 0.15) is 19.8 Å². The number of non-ortho nitro benzene ring substituents is 1. The molecule has 1 heterocycles. The lowest BCUT2D eigenvalue weighted by atomic mass is 10.2. The number of carbonyl (C=O) groups excluding carboxylic acids is 1. The molecule has 0 spiro atoms. The smallest absolute Gasteiger partial charge is 0.418 e. The van der Waals surface area contributed by atoms with E-state index in [0.717, 1.165) is 6.42 Å². The first-order valence-electron chi connectivity index (χ1n) is 9.40. The van der Waals surface area contributed by atoms with Crippen molar-refractivity contribution >= 4 is 66.4 Å². The fourth-order valence-electron chi connectivity index (χ4n) is 2.56. The lowest BCUT2D eigenvalue weighted by Crippen LogP contribution is -2.31. The van der Waals surface area contributed by atoms with Gasteiger partial charge in [0.15, 0.2) is 0 Å². The van der Waals surface area contributed by atoms with E-state index >= 15 is 0 Å². The number of nitro groups is 1. The summed E-state index contributed by atoms with van der Waals surface area (Å²) in [5.74, 6) is 4.14. The summed E-state index contributed by atoms with van der Waals surface area (Å²) in [4.78, 5) is 30.3. The minimum absolute atomic E-state index is 0.0958. The van der Waals surface area contributed by atoms with E-state index in [1.807, 2.05) is 0 Å². The minimum atomic E-state index is -3.30. The Labute approximate surface area is 198 Å². The van der Waals surface area contributed by atoms with Crippen LogP contribution < -0.4 is 15.4 Å². The van der Waals surface area contributed by atoms with Crippen LogP contribution in [0.15, 0.2) is 33.8 Å². The predicted molar refractivity (Wildman–Crippen MR) is 128 cm³/mol. The van der Waals surface area contributed by atoms with Gasteiger partial charge in [0.1, 0.15) is 5.82 Å². The highest BCUT2D eigenvalue weighted by Gasteiger charge is 2.19. The molecule has 0 saturated heterocycles. The van der Waals surface area contributed by atoms with Gasteiger partial charge in [-0.05, 0) is 59.2 Å². The van der Waals surface area contributed by atoms with Gasteiger partial charge in [-0.3, -0.25) is 10.1 Å². The van der Waals surface area contributed by atoms with Crippen LogP contribution >= 0.6 is 27.5 Å². The number of hydrogen-bond donors (Lipinski definition) is 3. The number of benzene rings is 1. The van der Waals surface area contributed by atoms with Crippen LogP contribution in [-0.4, -0.2) is 50.8 Å². The van der Waals surface area contributed by atoms with E-state index in [9.17, 15) is 19.1 Å². The second kappa shape index (κ2) is 11.8. The van der Waals surface area contributed by atoms with E-state index in [-0.39, 0.29) is 28.2 Å². The Balaban J connectivity index is 2.01. The Hall–Kier alpha value is -2.64. The lowest BCUT2D eigenvalue weighted by Gasteiger charge is -2.16. The maximum Gasteiger partial charge on any atom is 0.418 e. The van der Waals surface area contributed by atoms with Crippen LogP contribution in [0.3, 0.4) is 0 Å². The summed E-state index contributed by atoms with van der Waals surface area (Å²) in [6.45, 7) is 2.72. The van der Waals surface area contributed by atoms with Gasteiger partial charge in [-0.1, -0.05) is 0 Å². The average molecular weight is 550 g/mol. The number of carbonyl (C=O) groups is 1. The third-order valence-corrected chi connectivity index (χ3v) is 6.30. The van der Waals surface area contributed by atoms with Crippen LogP contribution in [0, 0.1) is 10.1 Å². The molecule has 11 nitrogen and oxygen atoms in total. The van der Waals surface area contributed by atoms with Gasteiger partial charge in [-0.15, -0.1) is 0 Å². The van der Waals surface area contributed by atoms with Crippen LogP contribution in [0.2, 0.25) is 5.28 Å². The number of halogens is 2. The van der Waals surface area contributed by atoms with Crippen molar-refractivity contribution in [1.29, 1.82) is 0 Å². The van der Waals surface area contributed by atoms with Crippen molar-refractivity contribution in [2.75, 3.05) is 30.3 Å². The number of unbranched alkanes of at least 4 members (excludes halogenated alkanes) is 1. The first-order valence-corrected chi connectivity index (χ1v) is 12.3. The van der Waals surface area contributed by atoms with Crippen LogP contribution in [-0.2, 0) is 14.4 Å². The van der Waals surface area contributed by atoms with Gasteiger partial charge in [0.05, 0.1) is 36.3 Å². The number of amides is 1. The van der Waals surface area contributed by atoms with Crippen molar-refractivity contribution < 1.29 is 18.7 Å². The summed E-state index contributed by atoms with van der Waals surface area (Å²) >= 11 is 9.11. The molecular weight excluding hydrogens is 528 g/mol. The Morgan fingerprint density at radius 1 is 1.34 bits per heavy atom. The zero-order valence-electron chi connectivity index (χ0n) is 17.1. The molecule has 0 fully saturated rings. The van der Waals surface area contributed by atoms with Crippen LogP contribution in [0.25, 0.3) is 0 Å². The SMILES string of the molecule is C=S(=O)(NC(=O)OCC)c1ccc([N+](=O)[O-])cc1NCCCCNc1nc(Cl)ncc1Br. The maximum atomic E-state index is 13.0. The van der Waals surface area contributed by atoms with Gasteiger partial charge in [-0.25, -0.2) is 18.7 Å². The van der Waals surface area contributed by atoms with Crippen molar-refractivity contribution in [2.24, 2.45) is 0 Å². The standard InChI is InChI=1S/C18H22BrClN6O5S/c1-3-31-18(27)25-32(2,30)15-7-6-12(26(28)29)10-14(15)21-8-4-5-9-22-16-13(19)11-23-17(20)24-16/h6-7,10-11,21H,2-5,8-9H2,1H3,(H,22,23,24)(H,25,27,30). The average Bonchev–Trinajstić information content (AvgIpc) is 2.72. The highest BCUT2D eigenvalue weighted by atomic mass is 79.9. The van der Waals surface area contributed by atoms with Gasteiger partial charge in [-0.2, -0.15) is 4.98 Å². The number of nitrogens with one attached hydrogen (secondary N) is 3. The molecular formula is C18H22BrClN6O5S. The van der Waals surface area contributed by atoms with E-state index in [2.05, 4.69) is 47.1 Å². The molecule has 14 heteroatoms. The molecule has 1 atom stereocenters. The van der Waals surface area contributed by atoms with E-state index < -0.39 is 20.7 Å². The zero-order chi connectivity index (χ0) is 23.7. The molecule has 2 rings (SSSR count). The molecule has 1 aromatic heterocycles.